The molecule has 0 radical (unpaired) electrons. The van der Waals surface area contributed by atoms with Crippen molar-refractivity contribution in [2.24, 2.45) is 5.10 Å². The highest BCUT2D eigenvalue weighted by atomic mass is 16.2. The number of hydrogen-bond donors (Lipinski definition) is 2. The van der Waals surface area contributed by atoms with E-state index in [-0.39, 0.29) is 5.91 Å². The van der Waals surface area contributed by atoms with Crippen LogP contribution in [0.3, 0.4) is 0 Å². The molecule has 0 atom stereocenters. The molecule has 5 heteroatoms. The van der Waals surface area contributed by atoms with Crippen LogP contribution >= 0.6 is 0 Å². The molecule has 2 N–H and O–H groups in total. The number of para-hydroxylation sites is 1. The molecule has 2 aromatic heterocycles. The Labute approximate surface area is 156 Å². The lowest BCUT2D eigenvalue weighted by molar-refractivity contribution is 0.0951. The van der Waals surface area contributed by atoms with Crippen LogP contribution in [0, 0.1) is 0 Å². The predicted octanol–water partition coefficient (Wildman–Crippen LogP) is 4.38. The molecule has 4 aromatic rings. The molecule has 4 rings (SSSR count). The zero-order chi connectivity index (χ0) is 18.6. The Balaban J connectivity index is 1.72. The molecule has 0 aliphatic heterocycles. The first-order valence-corrected chi connectivity index (χ1v) is 8.65. The molecule has 0 spiro atoms. The Morgan fingerprint density at radius 1 is 1.00 bits per heavy atom. The van der Waals surface area contributed by atoms with E-state index < -0.39 is 0 Å². The van der Waals surface area contributed by atoms with Crippen LogP contribution in [0.4, 0.5) is 0 Å². The van der Waals surface area contributed by atoms with Crippen molar-refractivity contribution in [1.29, 1.82) is 0 Å². The molecular weight excluding hydrogens is 336 g/mol. The first kappa shape index (κ1) is 16.7. The number of amides is 1. The molecule has 27 heavy (non-hydrogen) atoms. The van der Waals surface area contributed by atoms with Gasteiger partial charge in [-0.15, -0.1) is 0 Å². The third-order valence-corrected chi connectivity index (χ3v) is 4.40. The van der Waals surface area contributed by atoms with Crippen LogP contribution in [0.15, 0.2) is 84.2 Å². The highest BCUT2D eigenvalue weighted by Crippen LogP contribution is 2.32. The van der Waals surface area contributed by atoms with Gasteiger partial charge in [0.1, 0.15) is 5.69 Å². The van der Waals surface area contributed by atoms with Gasteiger partial charge in [-0.25, -0.2) is 5.43 Å². The number of carbonyl (C=O) groups is 1. The first-order valence-electron chi connectivity index (χ1n) is 8.65. The summed E-state index contributed by atoms with van der Waals surface area (Å²) in [6, 6.07) is 21.5. The summed E-state index contributed by atoms with van der Waals surface area (Å²) in [5.41, 5.74) is 7.46. The minimum atomic E-state index is -0.284. The molecule has 2 aromatic carbocycles. The fourth-order valence-corrected chi connectivity index (χ4v) is 3.05. The lowest BCUT2D eigenvalue weighted by Gasteiger charge is -2.05. The van der Waals surface area contributed by atoms with Crippen LogP contribution in [-0.4, -0.2) is 21.6 Å². The van der Waals surface area contributed by atoms with Crippen molar-refractivity contribution < 1.29 is 4.79 Å². The lowest BCUT2D eigenvalue weighted by atomic mass is 10.0. The van der Waals surface area contributed by atoms with Crippen LogP contribution in [0.5, 0.6) is 0 Å². The van der Waals surface area contributed by atoms with E-state index in [2.05, 4.69) is 20.5 Å². The third-order valence-electron chi connectivity index (χ3n) is 4.40. The maximum atomic E-state index is 12.9. The molecule has 0 aliphatic rings. The van der Waals surface area contributed by atoms with Crippen molar-refractivity contribution in [3.05, 3.63) is 90.4 Å². The molecular formula is C22H18N4O. The predicted molar refractivity (Wildman–Crippen MR) is 108 cm³/mol. The SMILES string of the molecule is CC(=NNC(=O)c1[nH]c2ccccc2c1-c1ccccc1)c1cccnc1. The Bertz CT molecular complexity index is 1110. The smallest absolute Gasteiger partial charge is 0.288 e. The topological polar surface area (TPSA) is 70.1 Å². The van der Waals surface area contributed by atoms with Crippen LogP contribution < -0.4 is 5.43 Å². The number of fused-ring (bicyclic) bond motifs is 1. The molecule has 132 valence electrons. The van der Waals surface area contributed by atoms with Gasteiger partial charge >= 0.3 is 0 Å². The lowest BCUT2D eigenvalue weighted by Crippen LogP contribution is -2.20. The van der Waals surface area contributed by atoms with E-state index in [0.717, 1.165) is 27.6 Å². The molecule has 0 fully saturated rings. The number of H-pyrrole nitrogens is 1. The molecule has 2 heterocycles. The number of nitrogens with zero attached hydrogens (tertiary/aromatic N) is 2. The fourth-order valence-electron chi connectivity index (χ4n) is 3.05. The summed E-state index contributed by atoms with van der Waals surface area (Å²) in [6.45, 7) is 1.83. The van der Waals surface area contributed by atoms with Crippen LogP contribution in [0.25, 0.3) is 22.0 Å². The third kappa shape index (κ3) is 3.35. The Kier molecular flexibility index (Phi) is 4.49. The minimum Gasteiger partial charge on any atom is -0.350 e. The number of pyridine rings is 1. The maximum Gasteiger partial charge on any atom is 0.288 e. The zero-order valence-corrected chi connectivity index (χ0v) is 14.8. The van der Waals surface area contributed by atoms with Crippen molar-refractivity contribution >= 4 is 22.5 Å². The standard InChI is InChI=1S/C22H18N4O/c1-15(17-10-7-13-23-14-17)25-26-22(27)21-20(16-8-3-2-4-9-16)18-11-5-6-12-19(18)24-21/h2-14,24H,1H3,(H,26,27). The summed E-state index contributed by atoms with van der Waals surface area (Å²) in [5, 5.41) is 5.23. The zero-order valence-electron chi connectivity index (χ0n) is 14.8. The second kappa shape index (κ2) is 7.25. The van der Waals surface area contributed by atoms with Crippen molar-refractivity contribution in [1.82, 2.24) is 15.4 Å². The Morgan fingerprint density at radius 3 is 2.56 bits per heavy atom. The van der Waals surface area contributed by atoms with Gasteiger partial charge in [-0.2, -0.15) is 5.10 Å². The highest BCUT2D eigenvalue weighted by molar-refractivity contribution is 6.10. The highest BCUT2D eigenvalue weighted by Gasteiger charge is 2.18. The second-order valence-electron chi connectivity index (χ2n) is 6.17. The summed E-state index contributed by atoms with van der Waals surface area (Å²) in [4.78, 5) is 20.2. The molecule has 0 aliphatic carbocycles. The van der Waals surface area contributed by atoms with Gasteiger partial charge in [0.25, 0.3) is 5.91 Å². The summed E-state index contributed by atoms with van der Waals surface area (Å²) in [5.74, 6) is -0.284. The number of nitrogens with one attached hydrogen (secondary N) is 2. The number of aromatic nitrogens is 2. The molecule has 0 unspecified atom stereocenters. The van der Waals surface area contributed by atoms with Gasteiger partial charge in [0.05, 0.1) is 5.71 Å². The molecule has 0 bridgehead atoms. The van der Waals surface area contributed by atoms with Crippen molar-refractivity contribution in [2.75, 3.05) is 0 Å². The minimum absolute atomic E-state index is 0.284. The average Bonchev–Trinajstić information content (AvgIpc) is 3.12. The van der Waals surface area contributed by atoms with E-state index in [1.807, 2.05) is 73.7 Å². The molecule has 0 saturated carbocycles. The van der Waals surface area contributed by atoms with E-state index in [9.17, 15) is 4.79 Å². The van der Waals surface area contributed by atoms with Crippen molar-refractivity contribution in [2.45, 2.75) is 6.92 Å². The summed E-state index contributed by atoms with van der Waals surface area (Å²) >= 11 is 0. The number of benzene rings is 2. The number of hydrazone groups is 1. The summed E-state index contributed by atoms with van der Waals surface area (Å²) < 4.78 is 0. The summed E-state index contributed by atoms with van der Waals surface area (Å²) in [7, 11) is 0. The van der Waals surface area contributed by atoms with E-state index in [1.165, 1.54) is 0 Å². The number of carbonyl (C=O) groups excluding carboxylic acids is 1. The summed E-state index contributed by atoms with van der Waals surface area (Å²) in [6.07, 6.45) is 3.41. The normalized spacial score (nSPS) is 11.5. The monoisotopic (exact) mass is 354 g/mol. The van der Waals surface area contributed by atoms with Crippen molar-refractivity contribution in [3.8, 4) is 11.1 Å². The van der Waals surface area contributed by atoms with E-state index in [1.54, 1.807) is 12.4 Å². The van der Waals surface area contributed by atoms with Crippen LogP contribution in [0.2, 0.25) is 0 Å². The van der Waals surface area contributed by atoms with Gasteiger partial charge in [-0.3, -0.25) is 9.78 Å². The van der Waals surface area contributed by atoms with Gasteiger partial charge in [0.2, 0.25) is 0 Å². The first-order chi connectivity index (χ1) is 13.2. The van der Waals surface area contributed by atoms with Gasteiger partial charge < -0.3 is 4.98 Å². The number of aromatic amines is 1. The Morgan fingerprint density at radius 2 is 1.78 bits per heavy atom. The van der Waals surface area contributed by atoms with Gasteiger partial charge in [0.15, 0.2) is 0 Å². The largest absolute Gasteiger partial charge is 0.350 e. The van der Waals surface area contributed by atoms with E-state index in [4.69, 9.17) is 0 Å². The quantitative estimate of drug-likeness (QED) is 0.422. The molecule has 1 amide bonds. The van der Waals surface area contributed by atoms with Gasteiger partial charge in [-0.1, -0.05) is 54.6 Å². The van der Waals surface area contributed by atoms with Crippen LogP contribution in [0.1, 0.15) is 23.0 Å². The van der Waals surface area contributed by atoms with Crippen LogP contribution in [-0.2, 0) is 0 Å². The maximum absolute atomic E-state index is 12.9. The van der Waals surface area contributed by atoms with Gasteiger partial charge in [-0.05, 0) is 24.6 Å². The average molecular weight is 354 g/mol. The molecule has 5 nitrogen and oxygen atoms in total. The van der Waals surface area contributed by atoms with Gasteiger partial charge in [0, 0.05) is 34.4 Å². The van der Waals surface area contributed by atoms with E-state index in [0.29, 0.717) is 11.4 Å². The van der Waals surface area contributed by atoms with E-state index >= 15 is 0 Å². The van der Waals surface area contributed by atoms with Crippen molar-refractivity contribution in [3.63, 3.8) is 0 Å². The molecule has 0 saturated heterocycles. The number of hydrogen-bond acceptors (Lipinski definition) is 3. The number of rotatable bonds is 4. The second-order valence-corrected chi connectivity index (χ2v) is 6.17. The fraction of sp³-hybridized carbons (Fsp3) is 0.0455. The Hall–Kier alpha value is -3.73.